The summed E-state index contributed by atoms with van der Waals surface area (Å²) in [7, 11) is 0. The van der Waals surface area contributed by atoms with Crippen LogP contribution in [-0.2, 0) is 11.2 Å². The van der Waals surface area contributed by atoms with E-state index in [-0.39, 0.29) is 0 Å². The van der Waals surface area contributed by atoms with Gasteiger partial charge in [-0.2, -0.15) is 0 Å². The average molecular weight is 440 g/mol. The largest absolute Gasteiger partial charge is 0.378 e. The van der Waals surface area contributed by atoms with E-state index in [1.54, 1.807) is 6.33 Å². The molecule has 33 heavy (non-hydrogen) atoms. The van der Waals surface area contributed by atoms with Crippen molar-refractivity contribution in [3.63, 3.8) is 0 Å². The number of hydrogen-bond donors (Lipinski definition) is 1. The lowest BCUT2D eigenvalue weighted by Crippen LogP contribution is -2.36. The molecule has 8 nitrogen and oxygen atoms in total. The third kappa shape index (κ3) is 3.25. The van der Waals surface area contributed by atoms with Crippen molar-refractivity contribution >= 4 is 27.6 Å². The average Bonchev–Trinajstić information content (AvgIpc) is 3.54. The number of hydrogen-bond acceptors (Lipinski definition) is 6. The van der Waals surface area contributed by atoms with E-state index in [2.05, 4.69) is 68.8 Å². The van der Waals surface area contributed by atoms with Crippen LogP contribution in [0.2, 0.25) is 0 Å². The molecular weight excluding hydrogens is 414 g/mol. The molecule has 0 saturated carbocycles. The van der Waals surface area contributed by atoms with Crippen LogP contribution in [0.3, 0.4) is 0 Å². The number of pyridine rings is 1. The summed E-state index contributed by atoms with van der Waals surface area (Å²) in [6, 6.07) is 12.7. The summed E-state index contributed by atoms with van der Waals surface area (Å²) in [4.78, 5) is 15.3. The number of para-hydroxylation sites is 1. The molecule has 6 rings (SSSR count). The summed E-state index contributed by atoms with van der Waals surface area (Å²) in [6.45, 7) is 7.46. The molecule has 1 aliphatic heterocycles. The fraction of sp³-hybridized carbons (Fsp3) is 0.280. The summed E-state index contributed by atoms with van der Waals surface area (Å²) >= 11 is 0. The molecule has 1 N–H and O–H groups in total. The van der Waals surface area contributed by atoms with Crippen LogP contribution in [0.25, 0.3) is 39.0 Å². The van der Waals surface area contributed by atoms with Crippen molar-refractivity contribution in [1.29, 1.82) is 0 Å². The molecule has 2 aromatic carbocycles. The Balaban J connectivity index is 1.66. The lowest BCUT2D eigenvalue weighted by molar-refractivity contribution is 0.122. The Morgan fingerprint density at radius 1 is 1.12 bits per heavy atom. The maximum Gasteiger partial charge on any atom is 0.163 e. The van der Waals surface area contributed by atoms with Crippen LogP contribution in [0.4, 0.5) is 5.69 Å². The Morgan fingerprint density at radius 3 is 2.76 bits per heavy atom. The highest BCUT2D eigenvalue weighted by Gasteiger charge is 2.21. The number of H-pyrrole nitrogens is 1. The SMILES string of the molecule is CCc1nc2ccccc2c(-n2cnc3c(-c4nnc[nH]4)cc(N4CCOCC4)cc32)c1C. The predicted molar refractivity (Wildman–Crippen MR) is 129 cm³/mol. The van der Waals surface area contributed by atoms with Crippen LogP contribution in [0, 0.1) is 6.92 Å². The third-order valence-electron chi connectivity index (χ3n) is 6.46. The first-order chi connectivity index (χ1) is 16.2. The van der Waals surface area contributed by atoms with Gasteiger partial charge in [-0.3, -0.25) is 9.55 Å². The number of aromatic amines is 1. The lowest BCUT2D eigenvalue weighted by atomic mass is 10.0. The van der Waals surface area contributed by atoms with Gasteiger partial charge in [0.1, 0.15) is 12.7 Å². The van der Waals surface area contributed by atoms with Crippen LogP contribution in [0.1, 0.15) is 18.2 Å². The number of rotatable bonds is 4. The number of aryl methyl sites for hydroxylation is 1. The quantitative estimate of drug-likeness (QED) is 0.454. The summed E-state index contributed by atoms with van der Waals surface area (Å²) in [5.41, 5.74) is 8.40. The van der Waals surface area contributed by atoms with Crippen molar-refractivity contribution in [2.75, 3.05) is 31.2 Å². The molecule has 0 atom stereocenters. The normalized spacial score (nSPS) is 14.4. The number of nitrogens with zero attached hydrogens (tertiary/aromatic N) is 6. The Kier molecular flexibility index (Phi) is 4.80. The maximum atomic E-state index is 5.58. The molecule has 1 saturated heterocycles. The highest BCUT2D eigenvalue weighted by Crippen LogP contribution is 2.35. The van der Waals surface area contributed by atoms with Gasteiger partial charge in [-0.05, 0) is 37.1 Å². The molecule has 1 aliphatic rings. The highest BCUT2D eigenvalue weighted by molar-refractivity contribution is 5.97. The van der Waals surface area contributed by atoms with Crippen LogP contribution < -0.4 is 4.90 Å². The molecule has 166 valence electrons. The van der Waals surface area contributed by atoms with Gasteiger partial charge in [0.2, 0.25) is 0 Å². The van der Waals surface area contributed by atoms with Gasteiger partial charge in [0.25, 0.3) is 0 Å². The lowest BCUT2D eigenvalue weighted by Gasteiger charge is -2.29. The van der Waals surface area contributed by atoms with Crippen molar-refractivity contribution < 1.29 is 4.74 Å². The minimum Gasteiger partial charge on any atom is -0.378 e. The van der Waals surface area contributed by atoms with E-state index in [0.717, 1.165) is 77.3 Å². The van der Waals surface area contributed by atoms with Crippen molar-refractivity contribution in [2.24, 2.45) is 0 Å². The third-order valence-corrected chi connectivity index (χ3v) is 6.46. The molecule has 0 unspecified atom stereocenters. The molecule has 3 aromatic heterocycles. The summed E-state index contributed by atoms with van der Waals surface area (Å²) in [6.07, 6.45) is 4.40. The summed E-state index contributed by atoms with van der Waals surface area (Å²) in [5.74, 6) is 0.714. The number of ether oxygens (including phenoxy) is 1. The second kappa shape index (κ2) is 7.97. The minimum absolute atomic E-state index is 0.714. The molecule has 0 spiro atoms. The van der Waals surface area contributed by atoms with Gasteiger partial charge in [0, 0.05) is 35.4 Å². The molecular formula is C25H25N7O. The number of anilines is 1. The fourth-order valence-electron chi connectivity index (χ4n) is 4.80. The molecule has 0 radical (unpaired) electrons. The van der Waals surface area contributed by atoms with E-state index in [1.165, 1.54) is 5.56 Å². The second-order valence-corrected chi connectivity index (χ2v) is 8.32. The van der Waals surface area contributed by atoms with Crippen LogP contribution in [0.5, 0.6) is 0 Å². The first-order valence-corrected chi connectivity index (χ1v) is 11.3. The topological polar surface area (TPSA) is 84.8 Å². The molecule has 1 fully saturated rings. The standard InChI is InChI=1S/C25H25N7O/c1-3-20-16(2)24(18-6-4-5-7-21(18)29-20)32-15-27-23-19(25-26-14-28-30-25)12-17(13-22(23)32)31-8-10-33-11-9-31/h4-7,12-15H,3,8-11H2,1-2H3,(H,26,28,30). The van der Waals surface area contributed by atoms with E-state index in [4.69, 9.17) is 14.7 Å². The Labute approximate surface area is 191 Å². The predicted octanol–water partition coefficient (Wildman–Crippen LogP) is 4.07. The van der Waals surface area contributed by atoms with E-state index in [1.807, 2.05) is 12.4 Å². The van der Waals surface area contributed by atoms with Gasteiger partial charge >= 0.3 is 0 Å². The van der Waals surface area contributed by atoms with E-state index in [0.29, 0.717) is 5.82 Å². The van der Waals surface area contributed by atoms with E-state index in [9.17, 15) is 0 Å². The van der Waals surface area contributed by atoms with Gasteiger partial charge in [0.05, 0.1) is 35.5 Å². The van der Waals surface area contributed by atoms with E-state index >= 15 is 0 Å². The Morgan fingerprint density at radius 2 is 1.97 bits per heavy atom. The number of nitrogens with one attached hydrogen (secondary N) is 1. The summed E-state index contributed by atoms with van der Waals surface area (Å²) < 4.78 is 7.79. The number of morpholine rings is 1. The number of benzene rings is 2. The zero-order chi connectivity index (χ0) is 22.4. The monoisotopic (exact) mass is 439 g/mol. The van der Waals surface area contributed by atoms with Gasteiger partial charge in [-0.25, -0.2) is 4.98 Å². The Hall–Kier alpha value is -3.78. The second-order valence-electron chi connectivity index (χ2n) is 8.32. The minimum atomic E-state index is 0.714. The molecule has 5 aromatic rings. The van der Waals surface area contributed by atoms with Gasteiger partial charge < -0.3 is 14.6 Å². The van der Waals surface area contributed by atoms with Gasteiger partial charge in [-0.15, -0.1) is 10.2 Å². The first-order valence-electron chi connectivity index (χ1n) is 11.3. The van der Waals surface area contributed by atoms with Gasteiger partial charge in [-0.1, -0.05) is 25.1 Å². The number of aromatic nitrogens is 6. The molecule has 0 bridgehead atoms. The molecule has 0 aliphatic carbocycles. The van der Waals surface area contributed by atoms with Crippen molar-refractivity contribution in [3.8, 4) is 17.1 Å². The zero-order valence-corrected chi connectivity index (χ0v) is 18.7. The number of fused-ring (bicyclic) bond motifs is 2. The smallest absolute Gasteiger partial charge is 0.163 e. The van der Waals surface area contributed by atoms with Gasteiger partial charge in [0.15, 0.2) is 5.82 Å². The van der Waals surface area contributed by atoms with Crippen molar-refractivity contribution in [2.45, 2.75) is 20.3 Å². The van der Waals surface area contributed by atoms with Crippen molar-refractivity contribution in [3.05, 3.63) is 60.3 Å². The van der Waals surface area contributed by atoms with Crippen LogP contribution in [0.15, 0.2) is 49.1 Å². The van der Waals surface area contributed by atoms with Crippen molar-refractivity contribution in [1.82, 2.24) is 29.7 Å². The first kappa shape index (κ1) is 19.9. The molecule has 0 amide bonds. The highest BCUT2D eigenvalue weighted by atomic mass is 16.5. The molecule has 8 heteroatoms. The van der Waals surface area contributed by atoms with Crippen LogP contribution >= 0.6 is 0 Å². The summed E-state index contributed by atoms with van der Waals surface area (Å²) in [5, 5.41) is 9.42. The Bertz CT molecular complexity index is 1450. The zero-order valence-electron chi connectivity index (χ0n) is 18.7. The maximum absolute atomic E-state index is 5.58. The fourth-order valence-corrected chi connectivity index (χ4v) is 4.80. The molecule has 4 heterocycles. The number of imidazole rings is 1. The van der Waals surface area contributed by atoms with E-state index < -0.39 is 0 Å². The van der Waals surface area contributed by atoms with Crippen LogP contribution in [-0.4, -0.2) is 56.0 Å².